The Bertz CT molecular complexity index is 795. The van der Waals surface area contributed by atoms with E-state index in [9.17, 15) is 10.1 Å². The first kappa shape index (κ1) is 16.7. The normalized spacial score (nSPS) is 18.5. The molecule has 4 nitrogen and oxygen atoms in total. The topological polar surface area (TPSA) is 63.2 Å². The number of carbonyl (C=O) groups excluding carboxylic acids is 1. The summed E-state index contributed by atoms with van der Waals surface area (Å²) in [7, 11) is 0. The van der Waals surface area contributed by atoms with E-state index in [-0.39, 0.29) is 12.5 Å². The van der Waals surface area contributed by atoms with E-state index in [1.165, 1.54) is 11.8 Å². The number of nitrogens with zero attached hydrogens (tertiary/aromatic N) is 1. The molecule has 1 aliphatic heterocycles. The number of thioether (sulfide) groups is 1. The number of fused-ring (bicyclic) bond motifs is 1. The number of rotatable bonds is 5. The first-order chi connectivity index (χ1) is 11.7. The van der Waals surface area contributed by atoms with Crippen LogP contribution in [0.4, 0.5) is 0 Å². The summed E-state index contributed by atoms with van der Waals surface area (Å²) in [5.74, 6) is -1.71. The van der Waals surface area contributed by atoms with Gasteiger partial charge in [-0.1, -0.05) is 42.2 Å². The summed E-state index contributed by atoms with van der Waals surface area (Å²) in [6, 6.07) is 13.5. The van der Waals surface area contributed by atoms with Crippen molar-refractivity contribution in [3.63, 3.8) is 0 Å². The van der Waals surface area contributed by atoms with Gasteiger partial charge in [0.1, 0.15) is 5.76 Å². The quantitative estimate of drug-likeness (QED) is 0.588. The Morgan fingerprint density at radius 2 is 2.21 bits per heavy atom. The van der Waals surface area contributed by atoms with Gasteiger partial charge in [-0.25, -0.2) is 0 Å². The summed E-state index contributed by atoms with van der Waals surface area (Å²) in [5.41, 5.74) is 1.03. The van der Waals surface area contributed by atoms with E-state index in [0.29, 0.717) is 5.76 Å². The van der Waals surface area contributed by atoms with Gasteiger partial charge in [-0.2, -0.15) is 5.26 Å². The second-order valence-corrected chi connectivity index (χ2v) is 7.12. The van der Waals surface area contributed by atoms with Crippen LogP contribution in [0.5, 0.6) is 0 Å². The molecule has 1 aromatic carbocycles. The summed E-state index contributed by atoms with van der Waals surface area (Å²) in [6.07, 6.45) is 1.54. The van der Waals surface area contributed by atoms with Gasteiger partial charge in [0.25, 0.3) is 0 Å². The van der Waals surface area contributed by atoms with E-state index >= 15 is 0 Å². The Morgan fingerprint density at radius 1 is 1.42 bits per heavy atom. The van der Waals surface area contributed by atoms with E-state index in [2.05, 4.69) is 6.07 Å². The van der Waals surface area contributed by atoms with Gasteiger partial charge in [-0.3, -0.25) is 4.79 Å². The molecular formula is C18H15NO3S2. The molecule has 122 valence electrons. The van der Waals surface area contributed by atoms with Crippen molar-refractivity contribution >= 4 is 34.1 Å². The minimum absolute atomic E-state index is 0.225. The fraction of sp³-hybridized carbons (Fsp3) is 0.278. The van der Waals surface area contributed by atoms with Crippen molar-refractivity contribution in [1.29, 1.82) is 5.26 Å². The molecule has 2 heterocycles. The van der Waals surface area contributed by atoms with Crippen LogP contribution in [0.1, 0.15) is 30.1 Å². The molecular weight excluding hydrogens is 342 g/mol. The highest BCUT2D eigenvalue weighted by molar-refractivity contribution is 8.23. The van der Waals surface area contributed by atoms with Gasteiger partial charge < -0.3 is 9.15 Å². The molecule has 0 N–H and O–H groups in total. The lowest BCUT2D eigenvalue weighted by molar-refractivity contribution is -0.146. The van der Waals surface area contributed by atoms with Gasteiger partial charge in [0.05, 0.1) is 29.1 Å². The predicted octanol–water partition coefficient (Wildman–Crippen LogP) is 4.28. The van der Waals surface area contributed by atoms with Gasteiger partial charge in [0, 0.05) is 10.8 Å². The molecule has 0 bridgehead atoms. The second kappa shape index (κ2) is 7.20. The Hall–Kier alpha value is -2.10. The zero-order valence-electron chi connectivity index (χ0n) is 13.0. The Kier molecular flexibility index (Phi) is 5.03. The second-order valence-electron chi connectivity index (χ2n) is 5.34. The fourth-order valence-electron chi connectivity index (χ4n) is 2.98. The molecule has 2 aromatic rings. The summed E-state index contributed by atoms with van der Waals surface area (Å²) >= 11 is 7.08. The van der Waals surface area contributed by atoms with Crippen LogP contribution in [-0.2, 0) is 9.53 Å². The van der Waals surface area contributed by atoms with Crippen molar-refractivity contribution in [3.05, 3.63) is 54.0 Å². The Balaban J connectivity index is 2.08. The number of furan rings is 1. The van der Waals surface area contributed by atoms with Crippen LogP contribution in [0, 0.1) is 17.2 Å². The largest absolute Gasteiger partial charge is 0.469 e. The van der Waals surface area contributed by atoms with Gasteiger partial charge in [-0.05, 0) is 30.7 Å². The number of ether oxygens (including phenoxy) is 1. The molecule has 3 atom stereocenters. The maximum atomic E-state index is 12.3. The number of carbonyl (C=O) groups is 1. The molecule has 6 heteroatoms. The molecule has 0 saturated carbocycles. The van der Waals surface area contributed by atoms with E-state index in [4.69, 9.17) is 21.4 Å². The fourth-order valence-corrected chi connectivity index (χ4v) is 4.60. The lowest BCUT2D eigenvalue weighted by Gasteiger charge is -2.25. The molecule has 0 radical (unpaired) electrons. The molecule has 0 unspecified atom stereocenters. The van der Waals surface area contributed by atoms with Crippen molar-refractivity contribution < 1.29 is 13.9 Å². The van der Waals surface area contributed by atoms with Crippen molar-refractivity contribution in [2.24, 2.45) is 5.92 Å². The first-order valence-corrected chi connectivity index (χ1v) is 8.80. The molecule has 0 saturated heterocycles. The zero-order valence-corrected chi connectivity index (χ0v) is 14.6. The van der Waals surface area contributed by atoms with Crippen molar-refractivity contribution in [2.75, 3.05) is 6.61 Å². The Labute approximate surface area is 149 Å². The number of esters is 1. The highest BCUT2D eigenvalue weighted by atomic mass is 32.2. The maximum absolute atomic E-state index is 12.3. The summed E-state index contributed by atoms with van der Waals surface area (Å²) in [6.45, 7) is 1.95. The monoisotopic (exact) mass is 357 g/mol. The highest BCUT2D eigenvalue weighted by Crippen LogP contribution is 2.51. The summed E-state index contributed by atoms with van der Waals surface area (Å²) in [5, 5.41) is 9.64. The lowest BCUT2D eigenvalue weighted by Crippen LogP contribution is -2.28. The van der Waals surface area contributed by atoms with Crippen LogP contribution >= 0.6 is 24.0 Å². The average Bonchev–Trinajstić information content (AvgIpc) is 3.20. The van der Waals surface area contributed by atoms with E-state index in [1.807, 2.05) is 24.3 Å². The molecule has 3 rings (SSSR count). The maximum Gasteiger partial charge on any atom is 0.324 e. The number of benzene rings is 1. The number of thiocarbonyl (C=S) groups is 1. The predicted molar refractivity (Wildman–Crippen MR) is 94.8 cm³/mol. The lowest BCUT2D eigenvalue weighted by atomic mass is 9.77. The number of hydrogen-bond acceptors (Lipinski definition) is 6. The SMILES string of the molecule is CCOC(=O)[C@H](C#N)[C@@H](c1ccco1)[C@H]1C(=S)Sc2ccccc21. The first-order valence-electron chi connectivity index (χ1n) is 7.57. The summed E-state index contributed by atoms with van der Waals surface area (Å²) < 4.78 is 11.4. The van der Waals surface area contributed by atoms with Crippen LogP contribution in [-0.4, -0.2) is 16.8 Å². The smallest absolute Gasteiger partial charge is 0.324 e. The van der Waals surface area contributed by atoms with Crippen LogP contribution in [0.25, 0.3) is 0 Å². The number of hydrogen-bond donors (Lipinski definition) is 0. The van der Waals surface area contributed by atoms with Crippen molar-refractivity contribution in [2.45, 2.75) is 23.7 Å². The third-order valence-electron chi connectivity index (χ3n) is 3.99. The zero-order chi connectivity index (χ0) is 17.1. The molecule has 1 aromatic heterocycles. The van der Waals surface area contributed by atoms with Gasteiger partial charge in [0.2, 0.25) is 0 Å². The third kappa shape index (κ3) is 2.97. The van der Waals surface area contributed by atoms with E-state index in [1.54, 1.807) is 25.3 Å². The van der Waals surface area contributed by atoms with E-state index < -0.39 is 17.8 Å². The molecule has 0 fully saturated rings. The molecule has 0 spiro atoms. The van der Waals surface area contributed by atoms with Crippen LogP contribution in [0.2, 0.25) is 0 Å². The molecule has 24 heavy (non-hydrogen) atoms. The van der Waals surface area contributed by atoms with Crippen molar-refractivity contribution in [3.8, 4) is 6.07 Å². The highest BCUT2D eigenvalue weighted by Gasteiger charge is 2.44. The van der Waals surface area contributed by atoms with Crippen LogP contribution < -0.4 is 0 Å². The molecule has 0 aliphatic carbocycles. The number of nitriles is 1. The van der Waals surface area contributed by atoms with Crippen LogP contribution in [0.3, 0.4) is 0 Å². The molecule has 1 aliphatic rings. The molecule has 0 amide bonds. The Morgan fingerprint density at radius 3 is 2.88 bits per heavy atom. The van der Waals surface area contributed by atoms with E-state index in [0.717, 1.165) is 14.7 Å². The van der Waals surface area contributed by atoms with Crippen molar-refractivity contribution in [1.82, 2.24) is 0 Å². The standard InChI is InChI=1S/C18H15NO3S2/c1-2-21-17(20)12(10-19)15(13-7-5-9-22-13)16-11-6-3-4-8-14(11)24-18(16)23/h3-9,12,15-16H,2H2,1H3/t12-,15+,16+/m1/s1. The summed E-state index contributed by atoms with van der Waals surface area (Å²) in [4.78, 5) is 13.4. The van der Waals surface area contributed by atoms with Gasteiger partial charge in [-0.15, -0.1) is 0 Å². The minimum atomic E-state index is -0.981. The van der Waals surface area contributed by atoms with Gasteiger partial charge >= 0.3 is 5.97 Å². The minimum Gasteiger partial charge on any atom is -0.469 e. The third-order valence-corrected chi connectivity index (χ3v) is 5.54. The average molecular weight is 357 g/mol. The van der Waals surface area contributed by atoms with Gasteiger partial charge in [0.15, 0.2) is 5.92 Å². The van der Waals surface area contributed by atoms with Crippen LogP contribution in [0.15, 0.2) is 52.0 Å².